The van der Waals surface area contributed by atoms with Gasteiger partial charge in [0, 0.05) is 12.7 Å². The first-order valence-electron chi connectivity index (χ1n) is 6.14. The van der Waals surface area contributed by atoms with Crippen LogP contribution in [0.5, 0.6) is 0 Å². The maximum Gasteiger partial charge on any atom is 0.243 e. The topological polar surface area (TPSA) is 50.3 Å². The average Bonchev–Trinajstić information content (AvgIpc) is 2.41. The van der Waals surface area contributed by atoms with Gasteiger partial charge in [0.1, 0.15) is 5.82 Å². The molecule has 0 unspecified atom stereocenters. The molecule has 0 N–H and O–H groups in total. The van der Waals surface area contributed by atoms with Gasteiger partial charge in [0.2, 0.25) is 10.0 Å². The van der Waals surface area contributed by atoms with E-state index in [-0.39, 0.29) is 15.9 Å². The highest BCUT2D eigenvalue weighted by Gasteiger charge is 2.22. The number of aromatic nitrogens is 1. The normalized spacial score (nSPS) is 11.9. The summed E-state index contributed by atoms with van der Waals surface area (Å²) in [7, 11) is -2.31. The number of pyridine rings is 1. The zero-order valence-corrected chi connectivity index (χ0v) is 13.9. The average molecular weight is 373 g/mol. The van der Waals surface area contributed by atoms with Crippen molar-refractivity contribution in [1.29, 1.82) is 0 Å². The van der Waals surface area contributed by atoms with Crippen LogP contribution in [0.15, 0.2) is 45.8 Å². The predicted molar refractivity (Wildman–Crippen MR) is 81.7 cm³/mol. The van der Waals surface area contributed by atoms with Gasteiger partial charge in [-0.05, 0) is 53.2 Å². The van der Waals surface area contributed by atoms with Crippen molar-refractivity contribution >= 4 is 26.0 Å². The molecule has 2 rings (SSSR count). The highest BCUT2D eigenvalue weighted by molar-refractivity contribution is 9.10. The van der Waals surface area contributed by atoms with Gasteiger partial charge in [-0.1, -0.05) is 6.07 Å². The van der Waals surface area contributed by atoms with Crippen molar-refractivity contribution in [2.75, 3.05) is 7.05 Å². The molecule has 0 aliphatic carbocycles. The van der Waals surface area contributed by atoms with Gasteiger partial charge in [-0.3, -0.25) is 4.98 Å². The largest absolute Gasteiger partial charge is 0.257 e. The van der Waals surface area contributed by atoms with Crippen LogP contribution in [0.3, 0.4) is 0 Å². The molecule has 21 heavy (non-hydrogen) atoms. The molecule has 1 aromatic heterocycles. The second-order valence-electron chi connectivity index (χ2n) is 4.61. The van der Waals surface area contributed by atoms with Crippen LogP contribution in [-0.2, 0) is 16.6 Å². The maximum absolute atomic E-state index is 13.5. The van der Waals surface area contributed by atoms with E-state index in [2.05, 4.69) is 20.9 Å². The molecule has 1 aromatic carbocycles. The van der Waals surface area contributed by atoms with Crippen molar-refractivity contribution in [2.45, 2.75) is 18.4 Å². The monoisotopic (exact) mass is 372 g/mol. The van der Waals surface area contributed by atoms with E-state index in [1.54, 1.807) is 6.07 Å². The number of hydrogen-bond donors (Lipinski definition) is 0. The molecular weight excluding hydrogens is 359 g/mol. The lowest BCUT2D eigenvalue weighted by molar-refractivity contribution is 0.461. The molecule has 0 atom stereocenters. The van der Waals surface area contributed by atoms with Crippen molar-refractivity contribution in [3.8, 4) is 0 Å². The maximum atomic E-state index is 13.5. The molecule has 7 heteroatoms. The zero-order chi connectivity index (χ0) is 15.6. The quantitative estimate of drug-likeness (QED) is 0.828. The van der Waals surface area contributed by atoms with Gasteiger partial charge in [-0.15, -0.1) is 0 Å². The molecule has 0 aliphatic heterocycles. The zero-order valence-electron chi connectivity index (χ0n) is 11.5. The third kappa shape index (κ3) is 3.66. The molecule has 0 bridgehead atoms. The minimum Gasteiger partial charge on any atom is -0.257 e. The summed E-state index contributed by atoms with van der Waals surface area (Å²) in [5.74, 6) is -0.613. The van der Waals surface area contributed by atoms with Crippen molar-refractivity contribution < 1.29 is 12.8 Å². The van der Waals surface area contributed by atoms with Crippen molar-refractivity contribution in [1.82, 2.24) is 9.29 Å². The van der Waals surface area contributed by atoms with Gasteiger partial charge >= 0.3 is 0 Å². The van der Waals surface area contributed by atoms with Crippen molar-refractivity contribution in [2.24, 2.45) is 0 Å². The molecule has 0 saturated heterocycles. The summed E-state index contributed by atoms with van der Waals surface area (Å²) in [6.07, 6.45) is 0. The number of benzene rings is 1. The summed E-state index contributed by atoms with van der Waals surface area (Å²) in [6, 6.07) is 9.14. The Morgan fingerprint density at radius 1 is 1.29 bits per heavy atom. The summed E-state index contributed by atoms with van der Waals surface area (Å²) >= 11 is 3.00. The Balaban J connectivity index is 2.28. The summed E-state index contributed by atoms with van der Waals surface area (Å²) in [5.41, 5.74) is 1.45. The molecule has 0 aliphatic rings. The Morgan fingerprint density at radius 3 is 2.62 bits per heavy atom. The number of hydrogen-bond acceptors (Lipinski definition) is 3. The Morgan fingerprint density at radius 2 is 2.00 bits per heavy atom. The number of aryl methyl sites for hydroxylation is 1. The summed E-state index contributed by atoms with van der Waals surface area (Å²) in [6.45, 7) is 1.96. The van der Waals surface area contributed by atoms with Gasteiger partial charge < -0.3 is 0 Å². The summed E-state index contributed by atoms with van der Waals surface area (Å²) in [4.78, 5) is 4.18. The highest BCUT2D eigenvalue weighted by atomic mass is 79.9. The molecule has 2 aromatic rings. The molecule has 1 heterocycles. The van der Waals surface area contributed by atoms with Crippen LogP contribution in [0.2, 0.25) is 0 Å². The number of rotatable bonds is 4. The Hall–Kier alpha value is -1.31. The number of halogens is 2. The first kappa shape index (κ1) is 16.1. The van der Waals surface area contributed by atoms with E-state index < -0.39 is 15.8 Å². The molecule has 4 nitrogen and oxygen atoms in total. The number of nitrogens with zero attached hydrogens (tertiary/aromatic N) is 2. The Kier molecular flexibility index (Phi) is 4.75. The van der Waals surface area contributed by atoms with Crippen molar-refractivity contribution in [3.05, 3.63) is 58.1 Å². The fourth-order valence-electron chi connectivity index (χ4n) is 1.82. The molecule has 0 radical (unpaired) electrons. The van der Waals surface area contributed by atoms with Crippen LogP contribution >= 0.6 is 15.9 Å². The lowest BCUT2D eigenvalue weighted by Gasteiger charge is -2.17. The van der Waals surface area contributed by atoms with Crippen LogP contribution in [0, 0.1) is 12.7 Å². The molecule has 0 saturated carbocycles. The molecule has 0 amide bonds. The fraction of sp³-hybridized carbons (Fsp3) is 0.214. The van der Waals surface area contributed by atoms with Crippen LogP contribution in [-0.4, -0.2) is 24.8 Å². The van der Waals surface area contributed by atoms with E-state index in [4.69, 9.17) is 0 Å². The Labute approximate surface area is 131 Å². The summed E-state index contributed by atoms with van der Waals surface area (Å²) in [5, 5.41) is 0. The van der Waals surface area contributed by atoms with Crippen molar-refractivity contribution in [3.63, 3.8) is 0 Å². The summed E-state index contributed by atoms with van der Waals surface area (Å²) < 4.78 is 39.7. The van der Waals surface area contributed by atoms with Gasteiger partial charge in [0.15, 0.2) is 0 Å². The van der Waals surface area contributed by atoms with Gasteiger partial charge in [0.25, 0.3) is 0 Å². The van der Waals surface area contributed by atoms with Crippen LogP contribution in [0.1, 0.15) is 11.4 Å². The highest BCUT2D eigenvalue weighted by Crippen LogP contribution is 2.22. The second kappa shape index (κ2) is 6.21. The van der Waals surface area contributed by atoms with E-state index in [1.807, 2.05) is 19.1 Å². The minimum absolute atomic E-state index is 0.0849. The fourth-order valence-corrected chi connectivity index (χ4v) is 3.22. The van der Waals surface area contributed by atoms with Crippen LogP contribution in [0.4, 0.5) is 4.39 Å². The molecular formula is C14H14BrFN2O2S. The second-order valence-corrected chi connectivity index (χ2v) is 7.51. The predicted octanol–water partition coefficient (Wildman–Crippen LogP) is 3.11. The van der Waals surface area contributed by atoms with Gasteiger partial charge in [-0.2, -0.15) is 4.31 Å². The van der Waals surface area contributed by atoms with E-state index in [1.165, 1.54) is 19.2 Å². The smallest absolute Gasteiger partial charge is 0.243 e. The SMILES string of the molecule is Cc1cccc(CN(C)S(=O)(=O)c2ccc(Br)c(F)c2)n1. The standard InChI is InChI=1S/C14H14BrFN2O2S/c1-10-4-3-5-11(17-10)9-18(2)21(19,20)12-6-7-13(15)14(16)8-12/h3-8H,9H2,1-2H3. The van der Waals surface area contributed by atoms with Crippen LogP contribution in [0.25, 0.3) is 0 Å². The lowest BCUT2D eigenvalue weighted by atomic mass is 10.3. The molecule has 0 spiro atoms. The van der Waals surface area contributed by atoms with E-state index in [0.717, 1.165) is 16.1 Å². The van der Waals surface area contributed by atoms with Gasteiger partial charge in [-0.25, -0.2) is 12.8 Å². The van der Waals surface area contributed by atoms with E-state index in [0.29, 0.717) is 5.69 Å². The number of sulfonamides is 1. The van der Waals surface area contributed by atoms with E-state index >= 15 is 0 Å². The lowest BCUT2D eigenvalue weighted by Crippen LogP contribution is -2.27. The first-order chi connectivity index (χ1) is 9.80. The first-order valence-corrected chi connectivity index (χ1v) is 8.38. The third-order valence-electron chi connectivity index (χ3n) is 2.93. The van der Waals surface area contributed by atoms with Gasteiger partial charge in [0.05, 0.1) is 21.6 Å². The molecule has 0 fully saturated rings. The van der Waals surface area contributed by atoms with E-state index in [9.17, 15) is 12.8 Å². The Bertz CT molecular complexity index is 765. The van der Waals surface area contributed by atoms with Crippen LogP contribution < -0.4 is 0 Å². The minimum atomic E-state index is -3.76. The third-order valence-corrected chi connectivity index (χ3v) is 5.37. The molecule has 112 valence electrons.